The predicted molar refractivity (Wildman–Crippen MR) is 92.9 cm³/mol. The molecule has 0 unspecified atom stereocenters. The summed E-state index contributed by atoms with van der Waals surface area (Å²) in [6.07, 6.45) is 0. The highest BCUT2D eigenvalue weighted by Crippen LogP contribution is 2.20. The molecule has 0 N–H and O–H groups in total. The quantitative estimate of drug-likeness (QED) is 0.854. The molecule has 126 valence electrons. The molecule has 0 saturated carbocycles. The van der Waals surface area contributed by atoms with Crippen LogP contribution in [0.5, 0.6) is 5.88 Å². The molecule has 0 atom stereocenters. The number of carbonyl (C=O) groups excluding carboxylic acids is 1. The fraction of sp³-hybridized carbons (Fsp3) is 0.353. The number of ether oxygens (including phenoxy) is 1. The maximum atomic E-state index is 12.6. The molecule has 2 aromatic rings. The maximum absolute atomic E-state index is 12.6. The molecule has 0 bridgehead atoms. The minimum absolute atomic E-state index is 0.00796. The zero-order valence-electron chi connectivity index (χ0n) is 13.7. The van der Waals surface area contributed by atoms with Crippen LogP contribution >= 0.6 is 11.6 Å². The van der Waals surface area contributed by atoms with E-state index in [4.69, 9.17) is 16.3 Å². The van der Waals surface area contributed by atoms with Crippen LogP contribution in [0.15, 0.2) is 30.3 Å². The van der Waals surface area contributed by atoms with E-state index in [0.29, 0.717) is 48.5 Å². The molecule has 0 aliphatic carbocycles. The van der Waals surface area contributed by atoms with Crippen molar-refractivity contribution in [1.29, 1.82) is 0 Å². The third kappa shape index (κ3) is 3.59. The Kier molecular flexibility index (Phi) is 4.85. The molecule has 1 aliphatic rings. The van der Waals surface area contributed by atoms with Crippen molar-refractivity contribution < 1.29 is 9.53 Å². The number of aromatic nitrogens is 2. The number of methoxy groups -OCH3 is 1. The highest BCUT2D eigenvalue weighted by Gasteiger charge is 2.23. The molecule has 24 heavy (non-hydrogen) atoms. The summed E-state index contributed by atoms with van der Waals surface area (Å²) in [7, 11) is 1.59. The van der Waals surface area contributed by atoms with Crippen molar-refractivity contribution in [2.45, 2.75) is 6.92 Å². The third-order valence-electron chi connectivity index (χ3n) is 3.97. The van der Waals surface area contributed by atoms with E-state index in [-0.39, 0.29) is 5.91 Å². The molecule has 0 spiro atoms. The summed E-state index contributed by atoms with van der Waals surface area (Å²) in [5.74, 6) is 2.06. The summed E-state index contributed by atoms with van der Waals surface area (Å²) in [5.41, 5.74) is 0.621. The Balaban J connectivity index is 1.67. The number of hydrogen-bond donors (Lipinski definition) is 0. The third-order valence-corrected chi connectivity index (χ3v) is 4.21. The highest BCUT2D eigenvalue weighted by molar-refractivity contribution is 6.30. The number of halogens is 1. The van der Waals surface area contributed by atoms with Gasteiger partial charge in [0.25, 0.3) is 5.91 Å². The van der Waals surface area contributed by atoms with Gasteiger partial charge in [0.15, 0.2) is 0 Å². The minimum atomic E-state index is 0.00796. The molecule has 0 radical (unpaired) electrons. The smallest absolute Gasteiger partial charge is 0.254 e. The van der Waals surface area contributed by atoms with E-state index in [2.05, 4.69) is 14.9 Å². The Hall–Kier alpha value is -2.34. The molecule has 1 fully saturated rings. The molecule has 1 aromatic heterocycles. The van der Waals surface area contributed by atoms with Gasteiger partial charge < -0.3 is 14.5 Å². The second kappa shape index (κ2) is 7.05. The van der Waals surface area contributed by atoms with Gasteiger partial charge in [-0.15, -0.1) is 0 Å². The molecule has 1 aromatic carbocycles. The zero-order valence-corrected chi connectivity index (χ0v) is 14.5. The Morgan fingerprint density at radius 1 is 1.17 bits per heavy atom. The van der Waals surface area contributed by atoms with Crippen molar-refractivity contribution in [3.05, 3.63) is 46.7 Å². The fourth-order valence-electron chi connectivity index (χ4n) is 2.73. The first-order valence-corrected chi connectivity index (χ1v) is 8.14. The number of piperazine rings is 1. The predicted octanol–water partition coefficient (Wildman–Crippen LogP) is 2.41. The monoisotopic (exact) mass is 346 g/mol. The van der Waals surface area contributed by atoms with Crippen molar-refractivity contribution >= 4 is 23.3 Å². The van der Waals surface area contributed by atoms with Crippen LogP contribution in [0.25, 0.3) is 0 Å². The van der Waals surface area contributed by atoms with Gasteiger partial charge in [-0.25, -0.2) is 4.98 Å². The molecule has 1 saturated heterocycles. The van der Waals surface area contributed by atoms with Crippen LogP contribution in [-0.2, 0) is 0 Å². The standard InChI is InChI=1S/C17H19ClN4O2/c1-12-19-15(11-16(20-12)24-2)21-6-8-22(9-7-21)17(23)13-4-3-5-14(18)10-13/h3-5,10-11H,6-9H2,1-2H3. The summed E-state index contributed by atoms with van der Waals surface area (Å²) < 4.78 is 5.20. The maximum Gasteiger partial charge on any atom is 0.254 e. The van der Waals surface area contributed by atoms with E-state index >= 15 is 0 Å². The minimum Gasteiger partial charge on any atom is -0.481 e. The van der Waals surface area contributed by atoms with E-state index in [9.17, 15) is 4.79 Å². The normalized spacial score (nSPS) is 14.6. The van der Waals surface area contributed by atoms with Crippen LogP contribution in [0.2, 0.25) is 5.02 Å². The Morgan fingerprint density at radius 3 is 2.58 bits per heavy atom. The fourth-order valence-corrected chi connectivity index (χ4v) is 2.92. The molecule has 3 rings (SSSR count). The lowest BCUT2D eigenvalue weighted by atomic mass is 10.2. The average Bonchev–Trinajstić information content (AvgIpc) is 2.60. The van der Waals surface area contributed by atoms with Crippen LogP contribution in [0.3, 0.4) is 0 Å². The van der Waals surface area contributed by atoms with Crippen molar-refractivity contribution in [3.63, 3.8) is 0 Å². The SMILES string of the molecule is COc1cc(N2CCN(C(=O)c3cccc(Cl)c3)CC2)nc(C)n1. The van der Waals surface area contributed by atoms with Gasteiger partial charge in [0, 0.05) is 42.8 Å². The highest BCUT2D eigenvalue weighted by atomic mass is 35.5. The molecule has 7 heteroatoms. The summed E-state index contributed by atoms with van der Waals surface area (Å²) in [5, 5.41) is 0.572. The van der Waals surface area contributed by atoms with E-state index < -0.39 is 0 Å². The van der Waals surface area contributed by atoms with Crippen LogP contribution in [0.4, 0.5) is 5.82 Å². The first-order chi connectivity index (χ1) is 11.6. The number of carbonyl (C=O) groups is 1. The van der Waals surface area contributed by atoms with Crippen LogP contribution in [0.1, 0.15) is 16.2 Å². The lowest BCUT2D eigenvalue weighted by Gasteiger charge is -2.35. The number of anilines is 1. The van der Waals surface area contributed by atoms with Gasteiger partial charge in [-0.2, -0.15) is 4.98 Å². The Morgan fingerprint density at radius 2 is 1.92 bits per heavy atom. The second-order valence-corrected chi connectivity index (χ2v) is 6.04. The molecule has 6 nitrogen and oxygen atoms in total. The van der Waals surface area contributed by atoms with Crippen molar-refractivity contribution in [2.24, 2.45) is 0 Å². The van der Waals surface area contributed by atoms with E-state index in [1.165, 1.54) is 0 Å². The first kappa shape index (κ1) is 16.5. The Labute approximate surface area is 146 Å². The van der Waals surface area contributed by atoms with Gasteiger partial charge in [0.05, 0.1) is 7.11 Å². The number of amides is 1. The lowest BCUT2D eigenvalue weighted by Crippen LogP contribution is -2.49. The van der Waals surface area contributed by atoms with Gasteiger partial charge in [-0.05, 0) is 25.1 Å². The molecule has 2 heterocycles. The molecular weight excluding hydrogens is 328 g/mol. The van der Waals surface area contributed by atoms with Gasteiger partial charge in [-0.1, -0.05) is 17.7 Å². The number of rotatable bonds is 3. The number of nitrogens with zero attached hydrogens (tertiary/aromatic N) is 4. The van der Waals surface area contributed by atoms with Crippen LogP contribution < -0.4 is 9.64 Å². The average molecular weight is 347 g/mol. The first-order valence-electron chi connectivity index (χ1n) is 7.76. The van der Waals surface area contributed by atoms with Gasteiger partial charge in [0.2, 0.25) is 5.88 Å². The number of hydrogen-bond acceptors (Lipinski definition) is 5. The van der Waals surface area contributed by atoms with E-state index in [1.54, 1.807) is 31.4 Å². The summed E-state index contributed by atoms with van der Waals surface area (Å²) >= 11 is 5.97. The number of aryl methyl sites for hydroxylation is 1. The molecular formula is C17H19ClN4O2. The lowest BCUT2D eigenvalue weighted by molar-refractivity contribution is 0.0746. The largest absolute Gasteiger partial charge is 0.481 e. The van der Waals surface area contributed by atoms with Gasteiger partial charge in [0.1, 0.15) is 11.6 Å². The summed E-state index contributed by atoms with van der Waals surface area (Å²) in [4.78, 5) is 25.2. The van der Waals surface area contributed by atoms with Crippen molar-refractivity contribution in [3.8, 4) is 5.88 Å². The molecule has 1 amide bonds. The molecule has 1 aliphatic heterocycles. The van der Waals surface area contributed by atoms with E-state index in [0.717, 1.165) is 5.82 Å². The van der Waals surface area contributed by atoms with Crippen LogP contribution in [0, 0.1) is 6.92 Å². The zero-order chi connectivity index (χ0) is 17.1. The summed E-state index contributed by atoms with van der Waals surface area (Å²) in [6, 6.07) is 8.87. The van der Waals surface area contributed by atoms with Gasteiger partial charge >= 0.3 is 0 Å². The van der Waals surface area contributed by atoms with Gasteiger partial charge in [-0.3, -0.25) is 4.79 Å². The number of benzene rings is 1. The van der Waals surface area contributed by atoms with Crippen molar-refractivity contribution in [1.82, 2.24) is 14.9 Å². The summed E-state index contributed by atoms with van der Waals surface area (Å²) in [6.45, 7) is 4.54. The van der Waals surface area contributed by atoms with Crippen molar-refractivity contribution in [2.75, 3.05) is 38.2 Å². The second-order valence-electron chi connectivity index (χ2n) is 5.61. The Bertz CT molecular complexity index is 745. The van der Waals surface area contributed by atoms with Crippen LogP contribution in [-0.4, -0.2) is 54.1 Å². The topological polar surface area (TPSA) is 58.6 Å². The van der Waals surface area contributed by atoms with E-state index in [1.807, 2.05) is 17.9 Å².